The van der Waals surface area contributed by atoms with Crippen LogP contribution in [0.1, 0.15) is 12.8 Å². The van der Waals surface area contributed by atoms with Gasteiger partial charge in [0, 0.05) is 0 Å². The predicted octanol–water partition coefficient (Wildman–Crippen LogP) is -1.28. The average molecular weight is 388 g/mol. The van der Waals surface area contributed by atoms with Gasteiger partial charge in [-0.25, -0.2) is 20.8 Å². The van der Waals surface area contributed by atoms with Gasteiger partial charge >= 0.3 is 20.3 Å². The van der Waals surface area contributed by atoms with Gasteiger partial charge in [0.2, 0.25) is 0 Å². The summed E-state index contributed by atoms with van der Waals surface area (Å²) in [5.74, 6) is -0.933. The first-order chi connectivity index (χ1) is 12.0. The molecule has 146 valence electrons. The third kappa shape index (κ3) is 4.98. The van der Waals surface area contributed by atoms with E-state index in [2.05, 4.69) is 19.4 Å². The van der Waals surface area contributed by atoms with Gasteiger partial charge in [-0.1, -0.05) is 0 Å². The van der Waals surface area contributed by atoms with Gasteiger partial charge in [0.15, 0.2) is 32.2 Å². The molecule has 0 radical (unpaired) electrons. The number of nitrogens with zero attached hydrogens (tertiary/aromatic N) is 4. The summed E-state index contributed by atoms with van der Waals surface area (Å²) in [6, 6.07) is 0. The average Bonchev–Trinajstić information content (AvgIpc) is 2.81. The Labute approximate surface area is 142 Å². The Balaban J connectivity index is 3.12. The zero-order valence-electron chi connectivity index (χ0n) is 13.0. The molecule has 17 heteroatoms. The second kappa shape index (κ2) is 8.03. The summed E-state index contributed by atoms with van der Waals surface area (Å²) in [5, 5.41) is 30.3. The number of rotatable bonds is 12. The molecule has 0 spiro atoms. The molecule has 1 aliphatic rings. The van der Waals surface area contributed by atoms with E-state index >= 15 is 0 Å². The summed E-state index contributed by atoms with van der Waals surface area (Å²) < 4.78 is 0. The summed E-state index contributed by atoms with van der Waals surface area (Å²) >= 11 is 0. The maximum absolute atomic E-state index is 12.9. The van der Waals surface area contributed by atoms with Gasteiger partial charge in [-0.2, -0.15) is 19.4 Å². The van der Waals surface area contributed by atoms with Crippen molar-refractivity contribution in [2.45, 2.75) is 12.8 Å². The smallest absolute Gasteiger partial charge is 0.298 e. The number of Topliss-reactive ketones (excluding diaryl/α,β-unsaturated/α-hetero) is 1. The monoisotopic (exact) mass is 388 g/mol. The van der Waals surface area contributed by atoms with Crippen molar-refractivity contribution in [1.82, 2.24) is 0 Å². The quantitative estimate of drug-likeness (QED) is 0.287. The van der Waals surface area contributed by atoms with Crippen LogP contribution in [0.3, 0.4) is 0 Å². The van der Waals surface area contributed by atoms with Crippen LogP contribution in [0, 0.1) is 30.5 Å². The Kier molecular flexibility index (Phi) is 6.34. The molecule has 0 aromatic rings. The number of ketones is 1. The number of hydrogen-bond donors (Lipinski definition) is 4. The molecule has 0 saturated heterocycles. The molecule has 0 amide bonds. The molecule has 0 unspecified atom stereocenters. The van der Waals surface area contributed by atoms with Crippen LogP contribution in [0.25, 0.3) is 0 Å². The van der Waals surface area contributed by atoms with E-state index in [-0.39, 0.29) is 12.8 Å². The number of carbonyl (C=O) groups is 1. The van der Waals surface area contributed by atoms with Crippen molar-refractivity contribution in [1.29, 1.82) is 0 Å². The zero-order chi connectivity index (χ0) is 20.0. The Bertz CT molecular complexity index is 520. The second-order valence-corrected chi connectivity index (χ2v) is 5.43. The van der Waals surface area contributed by atoms with Crippen molar-refractivity contribution >= 4 is 5.78 Å². The Morgan fingerprint density at radius 2 is 0.885 bits per heavy atom. The molecule has 4 N–H and O–H groups in total. The molecule has 1 rings (SSSR count). The van der Waals surface area contributed by atoms with Crippen molar-refractivity contribution in [3.8, 4) is 0 Å². The Morgan fingerprint density at radius 3 is 1.08 bits per heavy atom. The van der Waals surface area contributed by atoms with E-state index in [9.17, 15) is 24.4 Å². The van der Waals surface area contributed by atoms with Crippen molar-refractivity contribution in [3.63, 3.8) is 0 Å². The summed E-state index contributed by atoms with van der Waals surface area (Å²) in [6.07, 6.45) is -0.427. The van der Waals surface area contributed by atoms with Crippen LogP contribution in [-0.2, 0) is 24.1 Å². The SMILES string of the molecule is O=C1C(CO[N+](=O)O)(CO[N+](=O)O)CCC1(CO[N+](=O)O)CO[N+](=O)O. The van der Waals surface area contributed by atoms with Crippen molar-refractivity contribution in [2.75, 3.05) is 26.4 Å². The lowest BCUT2D eigenvalue weighted by Crippen LogP contribution is -2.47. The highest BCUT2D eigenvalue weighted by Crippen LogP contribution is 2.47. The molecule has 1 saturated carbocycles. The van der Waals surface area contributed by atoms with Crippen LogP contribution < -0.4 is 0 Å². The maximum Gasteiger partial charge on any atom is 0.475 e. The summed E-state index contributed by atoms with van der Waals surface area (Å²) in [6.45, 7) is -3.33. The largest absolute Gasteiger partial charge is 0.475 e. The lowest BCUT2D eigenvalue weighted by atomic mass is 9.79. The molecule has 0 heterocycles. The van der Waals surface area contributed by atoms with Crippen LogP contribution >= 0.6 is 0 Å². The topological polar surface area (TPSA) is 215 Å². The molecule has 0 atom stereocenters. The zero-order valence-corrected chi connectivity index (χ0v) is 13.0. The molecule has 1 fully saturated rings. The van der Waals surface area contributed by atoms with Crippen LogP contribution in [0.5, 0.6) is 0 Å². The van der Waals surface area contributed by atoms with Gasteiger partial charge in [-0.3, -0.25) is 4.79 Å². The van der Waals surface area contributed by atoms with Crippen molar-refractivity contribution in [2.24, 2.45) is 10.8 Å². The van der Waals surface area contributed by atoms with E-state index in [1.54, 1.807) is 0 Å². The first-order valence-electron chi connectivity index (χ1n) is 6.74. The highest BCUT2D eigenvalue weighted by molar-refractivity contribution is 5.93. The molecule has 0 bridgehead atoms. The van der Waals surface area contributed by atoms with Gasteiger partial charge in [0.05, 0.1) is 0 Å². The highest BCUT2D eigenvalue weighted by Gasteiger charge is 2.62. The molecule has 0 aromatic carbocycles. The molecule has 17 nitrogen and oxygen atoms in total. The predicted molar refractivity (Wildman–Crippen MR) is 64.6 cm³/mol. The Hall–Kier alpha value is -3.53. The lowest BCUT2D eigenvalue weighted by Gasteiger charge is -2.24. The highest BCUT2D eigenvalue weighted by atomic mass is 17.0. The fraction of sp³-hybridized carbons (Fsp3) is 0.889. The van der Waals surface area contributed by atoms with Crippen LogP contribution in [-0.4, -0.2) is 73.4 Å². The van der Waals surface area contributed by atoms with E-state index in [0.29, 0.717) is 0 Å². The summed E-state index contributed by atoms with van der Waals surface area (Å²) in [4.78, 5) is 72.2. The van der Waals surface area contributed by atoms with E-state index in [1.807, 2.05) is 0 Å². The summed E-state index contributed by atoms with van der Waals surface area (Å²) in [5.41, 5.74) is -3.65. The molecular weight excluding hydrogens is 372 g/mol. The first-order valence-corrected chi connectivity index (χ1v) is 6.74. The lowest BCUT2D eigenvalue weighted by molar-refractivity contribution is -0.983. The van der Waals surface area contributed by atoms with Gasteiger partial charge in [0.1, 0.15) is 30.5 Å². The number of hydrogen-bond acceptors (Lipinski definition) is 9. The molecule has 26 heavy (non-hydrogen) atoms. The molecule has 0 aliphatic heterocycles. The van der Waals surface area contributed by atoms with Gasteiger partial charge in [-0.15, -0.1) is 0 Å². The summed E-state index contributed by atoms with van der Waals surface area (Å²) in [7, 11) is 0. The Morgan fingerprint density at radius 1 is 0.654 bits per heavy atom. The second-order valence-electron chi connectivity index (χ2n) is 5.43. The molecule has 0 aromatic heterocycles. The van der Waals surface area contributed by atoms with Crippen molar-refractivity contribution < 1.29 is 65.3 Å². The van der Waals surface area contributed by atoms with Gasteiger partial charge in [0.25, 0.3) is 0 Å². The third-order valence-electron chi connectivity index (χ3n) is 3.85. The van der Waals surface area contributed by atoms with E-state index in [1.165, 1.54) is 0 Å². The fourth-order valence-electron chi connectivity index (χ4n) is 2.62. The minimum absolute atomic E-state index is 0.213. The maximum atomic E-state index is 12.9. The third-order valence-corrected chi connectivity index (χ3v) is 3.85. The van der Waals surface area contributed by atoms with Crippen LogP contribution in [0.2, 0.25) is 0 Å². The van der Waals surface area contributed by atoms with E-state index in [4.69, 9.17) is 20.8 Å². The first kappa shape index (κ1) is 20.5. The minimum Gasteiger partial charge on any atom is -0.298 e. The van der Waals surface area contributed by atoms with Gasteiger partial charge in [-0.05, 0) is 12.8 Å². The van der Waals surface area contributed by atoms with E-state index in [0.717, 1.165) is 0 Å². The van der Waals surface area contributed by atoms with Crippen LogP contribution in [0.4, 0.5) is 0 Å². The molecular formula is C9H16N4O13+4. The number of carbonyl (C=O) groups excluding carboxylic acids is 1. The minimum atomic E-state index is -1.82. The molecule has 1 aliphatic carbocycles. The van der Waals surface area contributed by atoms with Gasteiger partial charge < -0.3 is 0 Å². The fourth-order valence-corrected chi connectivity index (χ4v) is 2.62. The van der Waals surface area contributed by atoms with Crippen molar-refractivity contribution in [3.05, 3.63) is 19.6 Å². The van der Waals surface area contributed by atoms with Crippen LogP contribution in [0.15, 0.2) is 0 Å². The van der Waals surface area contributed by atoms with E-state index < -0.39 is 63.4 Å². The standard InChI is InChI=1S/C9H16N4O13/c14-7-8(3-23-10(15)16,4-24-11(17)18)1-2-9(7,5-25-12(19)20)6-26-13(21)22/h1-6H2,(H,15,16)(H,17,18)(H,19,20)(H,21,22)/q+4. The normalized spacial score (nSPS) is 17.2.